The molecule has 12 unspecified atom stereocenters. The van der Waals surface area contributed by atoms with Gasteiger partial charge in [0.25, 0.3) is 0 Å². The number of esters is 1. The summed E-state index contributed by atoms with van der Waals surface area (Å²) in [7, 11) is 3.39. The van der Waals surface area contributed by atoms with E-state index in [1.54, 1.807) is 7.11 Å². The minimum Gasteiger partial charge on any atom is -0.495 e. The summed E-state index contributed by atoms with van der Waals surface area (Å²) in [6.45, 7) is 6.59. The molecule has 1 saturated carbocycles. The number of nitrogens with one attached hydrogen (secondary N) is 1. The van der Waals surface area contributed by atoms with Gasteiger partial charge in [-0.15, -0.1) is 0 Å². The van der Waals surface area contributed by atoms with E-state index in [2.05, 4.69) is 62.5 Å². The number of anilines is 2. The van der Waals surface area contributed by atoms with Crippen molar-refractivity contribution < 1.29 is 28.5 Å². The molecular weight excluding hydrogens is 668 g/mol. The summed E-state index contributed by atoms with van der Waals surface area (Å²) in [5.74, 6) is 1.12. The molecule has 0 amide bonds. The van der Waals surface area contributed by atoms with Crippen molar-refractivity contribution in [3.63, 3.8) is 0 Å². The Morgan fingerprint density at radius 1 is 0.868 bits per heavy atom. The van der Waals surface area contributed by atoms with E-state index in [9.17, 15) is 4.79 Å². The van der Waals surface area contributed by atoms with Crippen LogP contribution in [-0.2, 0) is 34.6 Å². The van der Waals surface area contributed by atoms with E-state index in [0.717, 1.165) is 101 Å². The summed E-state index contributed by atoms with van der Waals surface area (Å²) < 4.78 is 34.0. The predicted octanol–water partition coefficient (Wildman–Crippen LogP) is 4.18. The molecule has 2 aromatic carbocycles. The van der Waals surface area contributed by atoms with Crippen molar-refractivity contribution in [1.82, 2.24) is 9.80 Å². The number of piperidine rings is 3. The van der Waals surface area contributed by atoms with Crippen molar-refractivity contribution in [2.24, 2.45) is 22.2 Å². The predicted molar refractivity (Wildman–Crippen MR) is 194 cm³/mol. The van der Waals surface area contributed by atoms with E-state index in [4.69, 9.17) is 23.7 Å². The molecule has 10 heteroatoms. The van der Waals surface area contributed by atoms with E-state index in [0.29, 0.717) is 31.1 Å². The zero-order valence-electron chi connectivity index (χ0n) is 30.7. The number of fused-ring (bicyclic) bond motifs is 2. The highest BCUT2D eigenvalue weighted by Crippen LogP contribution is 2.82. The van der Waals surface area contributed by atoms with Crippen molar-refractivity contribution in [2.45, 2.75) is 91.9 Å². The average molecular weight is 717 g/mol. The van der Waals surface area contributed by atoms with Crippen molar-refractivity contribution in [3.05, 3.63) is 64.9 Å². The second-order valence-electron chi connectivity index (χ2n) is 19.0. The Morgan fingerprint density at radius 3 is 2.62 bits per heavy atom. The van der Waals surface area contributed by atoms with Crippen LogP contribution in [0.3, 0.4) is 0 Å². The molecule has 12 atom stereocenters. The van der Waals surface area contributed by atoms with Crippen LogP contribution in [0.15, 0.2) is 53.7 Å². The van der Waals surface area contributed by atoms with E-state index in [1.165, 1.54) is 16.8 Å². The van der Waals surface area contributed by atoms with Gasteiger partial charge in [-0.2, -0.15) is 0 Å². The zero-order valence-corrected chi connectivity index (χ0v) is 30.7. The maximum atomic E-state index is 14.0. The van der Waals surface area contributed by atoms with E-state index >= 15 is 0 Å². The van der Waals surface area contributed by atoms with Crippen molar-refractivity contribution >= 4 is 17.3 Å². The number of para-hydroxylation sites is 2. The van der Waals surface area contributed by atoms with E-state index in [1.807, 2.05) is 7.11 Å². The van der Waals surface area contributed by atoms with Gasteiger partial charge in [-0.05, 0) is 81.3 Å². The SMILES string of the molecule is COC(=O)C1=C2Nc3ccccc3C23CCN2CC4(CN5c6c(OC)cccc6C67CCN8CCC9OCCC9(CC9C4OC956)C87)C4OCCC4(C1)C23. The highest BCUT2D eigenvalue weighted by atomic mass is 16.6. The topological polar surface area (TPSA) is 85.0 Å². The molecule has 1 N–H and O–H groups in total. The Labute approximate surface area is 310 Å². The normalized spacial score (nSPS) is 49.6. The Kier molecular flexibility index (Phi) is 5.17. The molecule has 0 radical (unpaired) electrons. The standard InChI is InChI=1S/C43H48N4O6/c1-49-29-9-5-7-26-31(29)47-23-40(33-27-21-38-13-18-51-30(38)10-15-45-17-12-42(26,36(38)45)43(27,47)53-33)22-46-16-11-41-25-6-3-4-8-28(25)44-32(41)24(34(48)50-2)20-39(35(41)46)14-19-52-37(39)40/h3-9,27,30,33,35-37,44H,10-23H2,1-2H3. The van der Waals surface area contributed by atoms with Crippen molar-refractivity contribution in [1.29, 1.82) is 0 Å². The molecular formula is C43H48N4O6. The lowest BCUT2D eigenvalue weighted by Crippen LogP contribution is -2.92. The van der Waals surface area contributed by atoms with E-state index < -0.39 is 5.72 Å². The minimum atomic E-state index is -0.394. The molecule has 9 saturated heterocycles. The van der Waals surface area contributed by atoms with Crippen molar-refractivity contribution in [2.75, 3.05) is 70.4 Å². The van der Waals surface area contributed by atoms with E-state index in [-0.39, 0.29) is 51.3 Å². The number of carbonyl (C=O) groups excluding carboxylic acids is 1. The molecule has 53 heavy (non-hydrogen) atoms. The van der Waals surface area contributed by atoms with Gasteiger partial charge >= 0.3 is 5.97 Å². The van der Waals surface area contributed by atoms with Gasteiger partial charge in [0.15, 0.2) is 5.72 Å². The molecule has 13 aliphatic rings. The Balaban J connectivity index is 0.994. The summed E-state index contributed by atoms with van der Waals surface area (Å²) in [5, 5.41) is 3.81. The smallest absolute Gasteiger partial charge is 0.335 e. The van der Waals surface area contributed by atoms with Crippen LogP contribution in [0, 0.1) is 22.2 Å². The molecule has 2 aliphatic carbocycles. The second kappa shape index (κ2) is 9.10. The van der Waals surface area contributed by atoms with Crippen LogP contribution in [0.25, 0.3) is 0 Å². The maximum absolute atomic E-state index is 14.0. The zero-order chi connectivity index (χ0) is 34.9. The summed E-state index contributed by atoms with van der Waals surface area (Å²) in [4.78, 5) is 22.5. The molecule has 0 aromatic heterocycles. The summed E-state index contributed by atoms with van der Waals surface area (Å²) in [6.07, 6.45) is 7.40. The van der Waals surface area contributed by atoms with Crippen LogP contribution in [0.2, 0.25) is 0 Å². The van der Waals surface area contributed by atoms with Crippen LogP contribution in [0.1, 0.15) is 56.1 Å². The first-order chi connectivity index (χ1) is 25.9. The largest absolute Gasteiger partial charge is 0.495 e. The lowest BCUT2D eigenvalue weighted by Gasteiger charge is -2.79. The third kappa shape index (κ3) is 2.77. The third-order valence-electron chi connectivity index (χ3n) is 18.1. The number of carbonyl (C=O) groups is 1. The first kappa shape index (κ1) is 30.1. The second-order valence-corrected chi connectivity index (χ2v) is 19.0. The monoisotopic (exact) mass is 716 g/mol. The number of ether oxygens (including phenoxy) is 5. The summed E-state index contributed by atoms with van der Waals surface area (Å²) >= 11 is 0. The first-order valence-corrected chi connectivity index (χ1v) is 20.5. The lowest BCUT2D eigenvalue weighted by atomic mass is 9.40. The number of benzene rings is 2. The quantitative estimate of drug-likeness (QED) is 0.458. The fourth-order valence-electron chi connectivity index (χ4n) is 17.2. The van der Waals surface area contributed by atoms with Gasteiger partial charge in [-0.25, -0.2) is 4.79 Å². The van der Waals surface area contributed by atoms with Gasteiger partial charge in [0.05, 0.1) is 60.0 Å². The van der Waals surface area contributed by atoms with Gasteiger partial charge in [-0.1, -0.05) is 30.3 Å². The molecule has 11 aliphatic heterocycles. The lowest BCUT2D eigenvalue weighted by molar-refractivity contribution is -0.397. The Bertz CT molecular complexity index is 2110. The van der Waals surface area contributed by atoms with Crippen molar-refractivity contribution in [3.8, 4) is 5.75 Å². The molecule has 11 heterocycles. The summed E-state index contributed by atoms with van der Waals surface area (Å²) in [6, 6.07) is 16.3. The Morgan fingerprint density at radius 2 is 1.72 bits per heavy atom. The van der Waals surface area contributed by atoms with Crippen LogP contribution < -0.4 is 15.0 Å². The number of hydrogen-bond acceptors (Lipinski definition) is 10. The molecule has 15 rings (SSSR count). The molecule has 276 valence electrons. The molecule has 10 nitrogen and oxygen atoms in total. The average Bonchev–Trinajstić information content (AvgIpc) is 4.03. The molecule has 6 spiro atoms. The van der Waals surface area contributed by atoms with Gasteiger partial charge in [0.2, 0.25) is 0 Å². The van der Waals surface area contributed by atoms with Gasteiger partial charge in [-0.3, -0.25) is 9.80 Å². The molecule has 2 aromatic rings. The molecule has 10 fully saturated rings. The molecule has 2 bridgehead atoms. The van der Waals surface area contributed by atoms with Gasteiger partial charge in [0, 0.05) is 73.1 Å². The van der Waals surface area contributed by atoms with Gasteiger partial charge < -0.3 is 33.9 Å². The number of nitrogens with zero attached hydrogens (tertiary/aromatic N) is 3. The highest BCUT2D eigenvalue weighted by Gasteiger charge is 2.90. The highest BCUT2D eigenvalue weighted by molar-refractivity contribution is 5.93. The minimum absolute atomic E-state index is 0.0597. The maximum Gasteiger partial charge on any atom is 0.335 e. The number of hydrogen-bond donors (Lipinski definition) is 1. The van der Waals surface area contributed by atoms with Crippen LogP contribution in [0.5, 0.6) is 5.75 Å². The Hall–Kier alpha value is -3.15. The van der Waals surface area contributed by atoms with Gasteiger partial charge in [0.1, 0.15) is 5.75 Å². The fraction of sp³-hybridized carbons (Fsp3) is 0.651. The van der Waals surface area contributed by atoms with Crippen LogP contribution in [-0.4, -0.2) is 112 Å². The van der Waals surface area contributed by atoms with Crippen LogP contribution in [0.4, 0.5) is 11.4 Å². The number of methoxy groups -OCH3 is 2. The third-order valence-corrected chi connectivity index (χ3v) is 18.1. The summed E-state index contributed by atoms with van der Waals surface area (Å²) in [5.41, 5.74) is 5.83. The first-order valence-electron chi connectivity index (χ1n) is 20.5. The van der Waals surface area contributed by atoms with Crippen LogP contribution >= 0.6 is 0 Å². The number of rotatable bonds is 2. The fourth-order valence-corrected chi connectivity index (χ4v) is 17.2.